The first kappa shape index (κ1) is 19.3. The van der Waals surface area contributed by atoms with E-state index < -0.39 is 0 Å². The number of benzene rings is 3. The number of carbonyl (C=O) groups excluding carboxylic acids is 1. The van der Waals surface area contributed by atoms with Crippen LogP contribution in [-0.4, -0.2) is 20.1 Å². The number of nitrogens with one attached hydrogen (secondary N) is 1. The molecule has 0 bridgehead atoms. The smallest absolute Gasteiger partial charge is 0.251 e. The minimum Gasteiger partial charge on any atom is -0.497 e. The largest absolute Gasteiger partial charge is 0.497 e. The topological polar surface area (TPSA) is 56.8 Å². The van der Waals surface area contributed by atoms with E-state index in [2.05, 4.69) is 5.32 Å². The summed E-state index contributed by atoms with van der Waals surface area (Å²) in [5.74, 6) is 2.08. The molecule has 3 aromatic carbocycles. The molecule has 0 fully saturated rings. The number of hydrogen-bond donors (Lipinski definition) is 1. The Bertz CT molecular complexity index is 908. The number of hydrogen-bond acceptors (Lipinski definition) is 4. The standard InChI is InChI=1S/C23H23NO4/c1-26-20-11-8-17(9-12-20)15-24-23(25)18-10-13-22(27-2)19(14-18)16-28-21-6-4-3-5-7-21/h3-14H,15-16H2,1-2H3,(H,24,25). The molecule has 0 unspecified atom stereocenters. The van der Waals surface area contributed by atoms with Gasteiger partial charge >= 0.3 is 0 Å². The molecule has 144 valence electrons. The van der Waals surface area contributed by atoms with Crippen LogP contribution in [0.5, 0.6) is 17.2 Å². The molecule has 0 aromatic heterocycles. The Morgan fingerprint density at radius 3 is 2.29 bits per heavy atom. The molecule has 0 atom stereocenters. The monoisotopic (exact) mass is 377 g/mol. The molecular weight excluding hydrogens is 354 g/mol. The molecule has 1 amide bonds. The zero-order chi connectivity index (χ0) is 19.8. The average molecular weight is 377 g/mol. The van der Waals surface area contributed by atoms with Gasteiger partial charge in [-0.15, -0.1) is 0 Å². The molecule has 3 rings (SSSR count). The maximum Gasteiger partial charge on any atom is 0.251 e. The molecule has 1 N–H and O–H groups in total. The Morgan fingerprint density at radius 1 is 0.857 bits per heavy atom. The van der Waals surface area contributed by atoms with Crippen molar-refractivity contribution in [2.45, 2.75) is 13.2 Å². The van der Waals surface area contributed by atoms with Crippen molar-refractivity contribution in [2.75, 3.05) is 14.2 Å². The third-order valence-corrected chi connectivity index (χ3v) is 4.29. The molecule has 5 nitrogen and oxygen atoms in total. The lowest BCUT2D eigenvalue weighted by molar-refractivity contribution is 0.0950. The zero-order valence-corrected chi connectivity index (χ0v) is 16.0. The van der Waals surface area contributed by atoms with Crippen LogP contribution in [0.3, 0.4) is 0 Å². The van der Waals surface area contributed by atoms with Gasteiger partial charge in [0, 0.05) is 17.7 Å². The van der Waals surface area contributed by atoms with E-state index in [0.717, 1.165) is 22.6 Å². The van der Waals surface area contributed by atoms with Crippen molar-refractivity contribution in [2.24, 2.45) is 0 Å². The maximum absolute atomic E-state index is 12.5. The van der Waals surface area contributed by atoms with Gasteiger partial charge in [0.25, 0.3) is 5.91 Å². The molecule has 0 aliphatic carbocycles. The number of ether oxygens (including phenoxy) is 3. The number of amides is 1. The molecule has 28 heavy (non-hydrogen) atoms. The van der Waals surface area contributed by atoms with E-state index >= 15 is 0 Å². The zero-order valence-electron chi connectivity index (χ0n) is 16.0. The van der Waals surface area contributed by atoms with Gasteiger partial charge in [0.2, 0.25) is 0 Å². The van der Waals surface area contributed by atoms with Crippen LogP contribution in [0.15, 0.2) is 72.8 Å². The van der Waals surface area contributed by atoms with Crippen molar-refractivity contribution in [3.63, 3.8) is 0 Å². The first-order chi connectivity index (χ1) is 13.7. The van der Waals surface area contributed by atoms with Crippen LogP contribution in [0.4, 0.5) is 0 Å². The van der Waals surface area contributed by atoms with Crippen LogP contribution >= 0.6 is 0 Å². The molecular formula is C23H23NO4. The van der Waals surface area contributed by atoms with Gasteiger partial charge in [-0.05, 0) is 48.0 Å². The van der Waals surface area contributed by atoms with Crippen molar-refractivity contribution in [1.29, 1.82) is 0 Å². The molecule has 0 saturated carbocycles. The van der Waals surface area contributed by atoms with Crippen molar-refractivity contribution < 1.29 is 19.0 Å². The molecule has 0 radical (unpaired) electrons. The second-order valence-electron chi connectivity index (χ2n) is 6.16. The molecule has 0 spiro atoms. The Balaban J connectivity index is 1.65. The van der Waals surface area contributed by atoms with Gasteiger partial charge in [0.15, 0.2) is 0 Å². The normalized spacial score (nSPS) is 10.2. The van der Waals surface area contributed by atoms with Crippen LogP contribution in [-0.2, 0) is 13.2 Å². The van der Waals surface area contributed by atoms with Gasteiger partial charge in [-0.2, -0.15) is 0 Å². The van der Waals surface area contributed by atoms with Crippen molar-refractivity contribution in [3.05, 3.63) is 89.5 Å². The fourth-order valence-electron chi connectivity index (χ4n) is 2.74. The summed E-state index contributed by atoms with van der Waals surface area (Å²) in [5.41, 5.74) is 2.36. The highest BCUT2D eigenvalue weighted by Crippen LogP contribution is 2.22. The lowest BCUT2D eigenvalue weighted by Crippen LogP contribution is -2.23. The van der Waals surface area contributed by atoms with Gasteiger partial charge in [-0.3, -0.25) is 4.79 Å². The fourth-order valence-corrected chi connectivity index (χ4v) is 2.74. The van der Waals surface area contributed by atoms with E-state index in [0.29, 0.717) is 24.5 Å². The van der Waals surface area contributed by atoms with Gasteiger partial charge in [0.05, 0.1) is 14.2 Å². The Kier molecular flexibility index (Phi) is 6.52. The Morgan fingerprint density at radius 2 is 1.61 bits per heavy atom. The summed E-state index contributed by atoms with van der Waals surface area (Å²) in [6.07, 6.45) is 0. The minimum atomic E-state index is -0.153. The predicted molar refractivity (Wildman–Crippen MR) is 108 cm³/mol. The molecule has 5 heteroatoms. The van der Waals surface area contributed by atoms with E-state index in [4.69, 9.17) is 14.2 Å². The van der Waals surface area contributed by atoms with Gasteiger partial charge in [0.1, 0.15) is 23.9 Å². The molecule has 0 saturated heterocycles. The minimum absolute atomic E-state index is 0.153. The number of methoxy groups -OCH3 is 2. The quantitative estimate of drug-likeness (QED) is 0.639. The number of para-hydroxylation sites is 1. The molecule has 0 aliphatic heterocycles. The van der Waals surface area contributed by atoms with Crippen molar-refractivity contribution in [1.82, 2.24) is 5.32 Å². The van der Waals surface area contributed by atoms with Crippen LogP contribution < -0.4 is 19.5 Å². The highest BCUT2D eigenvalue weighted by atomic mass is 16.5. The lowest BCUT2D eigenvalue weighted by Gasteiger charge is -2.12. The Hall–Kier alpha value is -3.47. The summed E-state index contributed by atoms with van der Waals surface area (Å²) in [7, 11) is 3.23. The number of rotatable bonds is 8. The van der Waals surface area contributed by atoms with Crippen LogP contribution in [0.1, 0.15) is 21.5 Å². The fraction of sp³-hybridized carbons (Fsp3) is 0.174. The SMILES string of the molecule is COc1ccc(CNC(=O)c2ccc(OC)c(COc3ccccc3)c2)cc1. The summed E-state index contributed by atoms with van der Waals surface area (Å²) < 4.78 is 16.3. The van der Waals surface area contributed by atoms with Crippen molar-refractivity contribution in [3.8, 4) is 17.2 Å². The van der Waals surface area contributed by atoms with Crippen LogP contribution in [0.25, 0.3) is 0 Å². The lowest BCUT2D eigenvalue weighted by atomic mass is 10.1. The third kappa shape index (κ3) is 5.04. The van der Waals surface area contributed by atoms with Crippen molar-refractivity contribution >= 4 is 5.91 Å². The van der Waals surface area contributed by atoms with E-state index in [1.165, 1.54) is 0 Å². The van der Waals surface area contributed by atoms with Gasteiger partial charge < -0.3 is 19.5 Å². The first-order valence-electron chi connectivity index (χ1n) is 8.95. The highest BCUT2D eigenvalue weighted by Gasteiger charge is 2.11. The molecule has 3 aromatic rings. The van der Waals surface area contributed by atoms with E-state index in [1.54, 1.807) is 32.4 Å². The molecule has 0 heterocycles. The summed E-state index contributed by atoms with van der Waals surface area (Å²) in [5, 5.41) is 2.93. The van der Waals surface area contributed by atoms with Crippen LogP contribution in [0.2, 0.25) is 0 Å². The second kappa shape index (κ2) is 9.46. The summed E-state index contributed by atoms with van der Waals surface area (Å²) in [6.45, 7) is 0.748. The summed E-state index contributed by atoms with van der Waals surface area (Å²) >= 11 is 0. The summed E-state index contributed by atoms with van der Waals surface area (Å²) in [4.78, 5) is 12.5. The summed E-state index contributed by atoms with van der Waals surface area (Å²) in [6, 6.07) is 22.4. The van der Waals surface area contributed by atoms with Gasteiger partial charge in [-0.25, -0.2) is 0 Å². The first-order valence-corrected chi connectivity index (χ1v) is 8.95. The average Bonchev–Trinajstić information content (AvgIpc) is 2.76. The predicted octanol–water partition coefficient (Wildman–Crippen LogP) is 4.21. The second-order valence-corrected chi connectivity index (χ2v) is 6.16. The highest BCUT2D eigenvalue weighted by molar-refractivity contribution is 5.94. The third-order valence-electron chi connectivity index (χ3n) is 4.29. The number of carbonyl (C=O) groups is 1. The Labute approximate surface area is 164 Å². The van der Waals surface area contributed by atoms with Gasteiger partial charge in [-0.1, -0.05) is 30.3 Å². The maximum atomic E-state index is 12.5. The van der Waals surface area contributed by atoms with E-state index in [9.17, 15) is 4.79 Å². The van der Waals surface area contributed by atoms with Crippen LogP contribution in [0, 0.1) is 0 Å². The van der Waals surface area contributed by atoms with E-state index in [-0.39, 0.29) is 5.91 Å². The molecule has 0 aliphatic rings. The van der Waals surface area contributed by atoms with E-state index in [1.807, 2.05) is 54.6 Å².